The molecule has 1 atom stereocenters. The van der Waals surface area contributed by atoms with Crippen molar-refractivity contribution >= 4 is 17.8 Å². The van der Waals surface area contributed by atoms with Crippen LogP contribution in [0.15, 0.2) is 60.7 Å². The summed E-state index contributed by atoms with van der Waals surface area (Å²) in [4.78, 5) is 39.9. The van der Waals surface area contributed by atoms with Gasteiger partial charge in [-0.05, 0) is 17.5 Å². The van der Waals surface area contributed by atoms with Crippen molar-refractivity contribution in [1.29, 1.82) is 0 Å². The lowest BCUT2D eigenvalue weighted by Gasteiger charge is -2.35. The molecule has 0 bridgehead atoms. The third-order valence-corrected chi connectivity index (χ3v) is 4.81. The predicted molar refractivity (Wildman–Crippen MR) is 108 cm³/mol. The molecule has 1 fully saturated rings. The molecule has 2 amide bonds. The van der Waals surface area contributed by atoms with Gasteiger partial charge in [-0.25, -0.2) is 0 Å². The van der Waals surface area contributed by atoms with Crippen molar-refractivity contribution in [3.8, 4) is 0 Å². The minimum absolute atomic E-state index is 0.0761. The summed E-state index contributed by atoms with van der Waals surface area (Å²) in [6.07, 6.45) is 0.417. The summed E-state index contributed by atoms with van der Waals surface area (Å²) in [7, 11) is 0. The molecule has 1 aliphatic heterocycles. The van der Waals surface area contributed by atoms with Crippen LogP contribution >= 0.6 is 0 Å². The number of carbonyl (C=O) groups is 3. The van der Waals surface area contributed by atoms with Gasteiger partial charge in [-0.1, -0.05) is 60.7 Å². The number of benzene rings is 2. The predicted octanol–water partition coefficient (Wildman–Crippen LogP) is 0.971. The van der Waals surface area contributed by atoms with Crippen LogP contribution in [0.1, 0.15) is 11.1 Å². The molecule has 0 aromatic heterocycles. The molecule has 0 unspecified atom stereocenters. The fourth-order valence-electron chi connectivity index (χ4n) is 3.19. The maximum absolute atomic E-state index is 12.6. The van der Waals surface area contributed by atoms with Crippen LogP contribution < -0.4 is 5.73 Å². The van der Waals surface area contributed by atoms with Crippen LogP contribution in [0.5, 0.6) is 0 Å². The Morgan fingerprint density at radius 1 is 0.966 bits per heavy atom. The first-order valence-electron chi connectivity index (χ1n) is 9.58. The Balaban J connectivity index is 1.45. The topological polar surface area (TPSA) is 92.9 Å². The number of ether oxygens (including phenoxy) is 1. The van der Waals surface area contributed by atoms with E-state index in [0.29, 0.717) is 13.0 Å². The van der Waals surface area contributed by atoms with Gasteiger partial charge in [0.15, 0.2) is 0 Å². The third kappa shape index (κ3) is 5.89. The van der Waals surface area contributed by atoms with E-state index in [1.807, 2.05) is 60.7 Å². The Hall–Kier alpha value is -3.19. The molecule has 1 heterocycles. The van der Waals surface area contributed by atoms with Crippen molar-refractivity contribution in [2.24, 2.45) is 5.73 Å². The number of rotatable bonds is 7. The van der Waals surface area contributed by atoms with Gasteiger partial charge in [0.2, 0.25) is 11.8 Å². The van der Waals surface area contributed by atoms with Gasteiger partial charge >= 0.3 is 5.97 Å². The molecular weight excluding hydrogens is 370 g/mol. The van der Waals surface area contributed by atoms with Crippen LogP contribution in [-0.4, -0.2) is 59.8 Å². The van der Waals surface area contributed by atoms with E-state index in [1.54, 1.807) is 0 Å². The number of amides is 2. The molecule has 2 N–H and O–H groups in total. The Bertz CT molecular complexity index is 842. The van der Waals surface area contributed by atoms with E-state index < -0.39 is 12.0 Å². The molecule has 29 heavy (non-hydrogen) atoms. The van der Waals surface area contributed by atoms with E-state index in [-0.39, 0.29) is 38.1 Å². The van der Waals surface area contributed by atoms with E-state index in [2.05, 4.69) is 0 Å². The highest BCUT2D eigenvalue weighted by Gasteiger charge is 2.31. The second kappa shape index (κ2) is 9.84. The average molecular weight is 395 g/mol. The highest BCUT2D eigenvalue weighted by atomic mass is 16.5. The van der Waals surface area contributed by atoms with Crippen molar-refractivity contribution in [2.45, 2.75) is 19.1 Å². The summed E-state index contributed by atoms with van der Waals surface area (Å²) < 4.78 is 5.22. The van der Waals surface area contributed by atoms with Crippen molar-refractivity contribution in [2.75, 3.05) is 26.2 Å². The molecule has 7 heteroatoms. The molecule has 1 aliphatic rings. The summed E-state index contributed by atoms with van der Waals surface area (Å²) in [5.74, 6) is -1.01. The molecule has 2 aromatic carbocycles. The summed E-state index contributed by atoms with van der Waals surface area (Å²) in [6, 6.07) is 18.2. The lowest BCUT2D eigenvalue weighted by Crippen LogP contribution is -2.56. The van der Waals surface area contributed by atoms with E-state index in [1.165, 1.54) is 9.80 Å². The SMILES string of the molecule is N[C@@H](Cc1ccccc1)C(=O)N1CCN(CC(=O)OCc2ccccc2)C(=O)C1. The van der Waals surface area contributed by atoms with E-state index in [4.69, 9.17) is 10.5 Å². The van der Waals surface area contributed by atoms with E-state index >= 15 is 0 Å². The highest BCUT2D eigenvalue weighted by Crippen LogP contribution is 2.09. The number of hydrogen-bond acceptors (Lipinski definition) is 5. The maximum Gasteiger partial charge on any atom is 0.325 e. The van der Waals surface area contributed by atoms with Crippen LogP contribution in [0.3, 0.4) is 0 Å². The first kappa shape index (κ1) is 20.5. The second-order valence-electron chi connectivity index (χ2n) is 7.02. The summed E-state index contributed by atoms with van der Waals surface area (Å²) in [5.41, 5.74) is 7.90. The standard InChI is InChI=1S/C22H25N3O4/c23-19(13-17-7-3-1-4-8-17)22(28)25-12-11-24(20(26)14-25)15-21(27)29-16-18-9-5-2-6-10-18/h1-10,19H,11-16,23H2/t19-/m0/s1. The summed E-state index contributed by atoms with van der Waals surface area (Å²) in [5, 5.41) is 0. The van der Waals surface area contributed by atoms with E-state index in [9.17, 15) is 14.4 Å². The first-order valence-corrected chi connectivity index (χ1v) is 9.58. The van der Waals surface area contributed by atoms with Crippen molar-refractivity contribution in [1.82, 2.24) is 9.80 Å². The van der Waals surface area contributed by atoms with Gasteiger partial charge in [0.05, 0.1) is 12.6 Å². The largest absolute Gasteiger partial charge is 0.459 e. The highest BCUT2D eigenvalue weighted by molar-refractivity contribution is 5.90. The summed E-state index contributed by atoms with van der Waals surface area (Å²) >= 11 is 0. The molecule has 152 valence electrons. The third-order valence-electron chi connectivity index (χ3n) is 4.81. The van der Waals surface area contributed by atoms with Crippen molar-refractivity contribution < 1.29 is 19.1 Å². The van der Waals surface area contributed by atoms with Gasteiger partial charge in [0.1, 0.15) is 13.2 Å². The molecule has 3 rings (SSSR count). The second-order valence-corrected chi connectivity index (χ2v) is 7.02. The number of carbonyl (C=O) groups excluding carboxylic acids is 3. The molecule has 0 aliphatic carbocycles. The van der Waals surface area contributed by atoms with Gasteiger partial charge in [-0.3, -0.25) is 14.4 Å². The molecule has 1 saturated heterocycles. The fourth-order valence-corrected chi connectivity index (χ4v) is 3.19. The van der Waals surface area contributed by atoms with Crippen LogP contribution in [0, 0.1) is 0 Å². The fraction of sp³-hybridized carbons (Fsp3) is 0.318. The Morgan fingerprint density at radius 2 is 1.59 bits per heavy atom. The number of hydrogen-bond donors (Lipinski definition) is 1. The van der Waals surface area contributed by atoms with Gasteiger partial charge < -0.3 is 20.3 Å². The normalized spacial score (nSPS) is 15.1. The lowest BCUT2D eigenvalue weighted by molar-refractivity contribution is -0.154. The number of nitrogens with zero attached hydrogens (tertiary/aromatic N) is 2. The van der Waals surface area contributed by atoms with Gasteiger partial charge in [0, 0.05) is 13.1 Å². The van der Waals surface area contributed by atoms with Gasteiger partial charge in [-0.2, -0.15) is 0 Å². The number of piperazine rings is 1. The zero-order valence-electron chi connectivity index (χ0n) is 16.2. The maximum atomic E-state index is 12.6. The van der Waals surface area contributed by atoms with Crippen LogP contribution in [0.25, 0.3) is 0 Å². The monoisotopic (exact) mass is 395 g/mol. The zero-order chi connectivity index (χ0) is 20.6. The zero-order valence-corrected chi connectivity index (χ0v) is 16.2. The van der Waals surface area contributed by atoms with Crippen molar-refractivity contribution in [3.63, 3.8) is 0 Å². The lowest BCUT2D eigenvalue weighted by atomic mass is 10.1. The minimum Gasteiger partial charge on any atom is -0.459 e. The molecule has 2 aromatic rings. The molecular formula is C22H25N3O4. The average Bonchev–Trinajstić information content (AvgIpc) is 2.74. The Morgan fingerprint density at radius 3 is 2.21 bits per heavy atom. The Kier molecular flexibility index (Phi) is 6.97. The van der Waals surface area contributed by atoms with Gasteiger partial charge in [-0.15, -0.1) is 0 Å². The molecule has 0 radical (unpaired) electrons. The van der Waals surface area contributed by atoms with Crippen molar-refractivity contribution in [3.05, 3.63) is 71.8 Å². The molecule has 0 spiro atoms. The smallest absolute Gasteiger partial charge is 0.325 e. The minimum atomic E-state index is -0.701. The quantitative estimate of drug-likeness (QED) is 0.705. The van der Waals surface area contributed by atoms with Crippen LogP contribution in [0.2, 0.25) is 0 Å². The molecule has 0 saturated carbocycles. The summed E-state index contributed by atoms with van der Waals surface area (Å²) in [6.45, 7) is 0.597. The van der Waals surface area contributed by atoms with E-state index in [0.717, 1.165) is 11.1 Å². The van der Waals surface area contributed by atoms with Gasteiger partial charge in [0.25, 0.3) is 0 Å². The Labute approximate surface area is 170 Å². The number of nitrogens with two attached hydrogens (primary N) is 1. The molecule has 7 nitrogen and oxygen atoms in total. The van der Waals surface area contributed by atoms with Crippen LogP contribution in [0.4, 0.5) is 0 Å². The number of esters is 1. The van der Waals surface area contributed by atoms with Crippen LogP contribution in [-0.2, 0) is 32.1 Å². The first-order chi connectivity index (χ1) is 14.0.